The molecule has 0 unspecified atom stereocenters. The molecule has 1 N–H and O–H groups in total. The predicted octanol–water partition coefficient (Wildman–Crippen LogP) is 4.95. The highest BCUT2D eigenvalue weighted by atomic mass is 79.9. The number of fused-ring (bicyclic) bond motifs is 1. The van der Waals surface area contributed by atoms with E-state index >= 15 is 0 Å². The number of benzene rings is 3. The van der Waals surface area contributed by atoms with Crippen molar-refractivity contribution in [1.82, 2.24) is 0 Å². The van der Waals surface area contributed by atoms with Crippen LogP contribution in [0.5, 0.6) is 0 Å². The van der Waals surface area contributed by atoms with Crippen molar-refractivity contribution in [2.24, 2.45) is 0 Å². The van der Waals surface area contributed by atoms with Gasteiger partial charge in [-0.25, -0.2) is 5.01 Å². The molecule has 0 saturated carbocycles. The Morgan fingerprint density at radius 2 is 1.50 bits per heavy atom. The maximum Gasteiger partial charge on any atom is 0.257 e. The van der Waals surface area contributed by atoms with Gasteiger partial charge in [0.2, 0.25) is 0 Å². The molecule has 1 heterocycles. The van der Waals surface area contributed by atoms with Gasteiger partial charge >= 0.3 is 0 Å². The molecule has 0 spiro atoms. The molecule has 0 aromatic heterocycles. The van der Waals surface area contributed by atoms with Crippen molar-refractivity contribution in [2.45, 2.75) is 5.92 Å². The molecule has 3 aromatic rings. The van der Waals surface area contributed by atoms with Crippen LogP contribution in [0.3, 0.4) is 0 Å². The van der Waals surface area contributed by atoms with Gasteiger partial charge in [-0.3, -0.25) is 10.2 Å². The highest BCUT2D eigenvalue weighted by Crippen LogP contribution is 2.40. The van der Waals surface area contributed by atoms with E-state index in [4.69, 9.17) is 0 Å². The van der Waals surface area contributed by atoms with Gasteiger partial charge in [0.15, 0.2) is 0 Å². The number of anilines is 2. The summed E-state index contributed by atoms with van der Waals surface area (Å²) in [5, 5.41) is 1.65. The second kappa shape index (κ2) is 6.13. The van der Waals surface area contributed by atoms with E-state index in [1.165, 1.54) is 0 Å². The lowest BCUT2D eigenvalue weighted by molar-refractivity contribution is -0.118. The minimum atomic E-state index is -0.273. The number of rotatable bonds is 3. The number of nitrogens with one attached hydrogen (secondary N) is 1. The van der Waals surface area contributed by atoms with Gasteiger partial charge in [-0.15, -0.1) is 0 Å². The van der Waals surface area contributed by atoms with Crippen LogP contribution in [-0.4, -0.2) is 5.91 Å². The minimum Gasteiger partial charge on any atom is -0.291 e. The Morgan fingerprint density at radius 3 is 2.25 bits per heavy atom. The topological polar surface area (TPSA) is 32.3 Å². The SMILES string of the molecule is O=C1[C@H](c2ccccc2)c2ccccc2N1Nc1ccc(Br)cc1. The number of hydrogen-bond acceptors (Lipinski definition) is 2. The molecule has 3 aromatic carbocycles. The third kappa shape index (κ3) is 2.59. The van der Waals surface area contributed by atoms with Crippen molar-refractivity contribution in [3.63, 3.8) is 0 Å². The van der Waals surface area contributed by atoms with Crippen LogP contribution >= 0.6 is 15.9 Å². The summed E-state index contributed by atoms with van der Waals surface area (Å²) in [6.07, 6.45) is 0. The summed E-state index contributed by atoms with van der Waals surface area (Å²) in [4.78, 5) is 13.1. The predicted molar refractivity (Wildman–Crippen MR) is 100.0 cm³/mol. The van der Waals surface area contributed by atoms with E-state index in [1.807, 2.05) is 78.9 Å². The number of hydrogen-bond donors (Lipinski definition) is 1. The van der Waals surface area contributed by atoms with Gasteiger partial charge < -0.3 is 0 Å². The summed E-state index contributed by atoms with van der Waals surface area (Å²) in [5.41, 5.74) is 7.04. The molecule has 24 heavy (non-hydrogen) atoms. The van der Waals surface area contributed by atoms with Crippen LogP contribution in [0.25, 0.3) is 0 Å². The fourth-order valence-corrected chi connectivity index (χ4v) is 3.32. The largest absolute Gasteiger partial charge is 0.291 e. The molecule has 118 valence electrons. The molecule has 3 nitrogen and oxygen atoms in total. The van der Waals surface area contributed by atoms with E-state index in [-0.39, 0.29) is 11.8 Å². The molecule has 4 heteroatoms. The first-order chi connectivity index (χ1) is 11.7. The van der Waals surface area contributed by atoms with E-state index in [0.717, 1.165) is 27.0 Å². The summed E-state index contributed by atoms with van der Waals surface area (Å²) < 4.78 is 1.00. The zero-order valence-electron chi connectivity index (χ0n) is 12.8. The van der Waals surface area contributed by atoms with E-state index in [9.17, 15) is 4.79 Å². The lowest BCUT2D eigenvalue weighted by atomic mass is 9.93. The zero-order valence-corrected chi connectivity index (χ0v) is 14.4. The van der Waals surface area contributed by atoms with E-state index in [1.54, 1.807) is 5.01 Å². The Bertz CT molecular complexity index is 878. The third-order valence-corrected chi connectivity index (χ3v) is 4.70. The lowest BCUT2D eigenvalue weighted by Crippen LogP contribution is -2.34. The minimum absolute atomic E-state index is 0.0327. The van der Waals surface area contributed by atoms with E-state index in [0.29, 0.717) is 0 Å². The van der Waals surface area contributed by atoms with Gasteiger partial charge in [0, 0.05) is 4.47 Å². The van der Waals surface area contributed by atoms with Crippen LogP contribution in [0.4, 0.5) is 11.4 Å². The number of hydrazine groups is 1. The Morgan fingerprint density at radius 1 is 0.833 bits per heavy atom. The molecule has 1 atom stereocenters. The number of carbonyl (C=O) groups excluding carboxylic acids is 1. The van der Waals surface area contributed by atoms with E-state index in [2.05, 4.69) is 21.4 Å². The number of para-hydroxylation sites is 1. The van der Waals surface area contributed by atoms with Crippen LogP contribution < -0.4 is 10.4 Å². The van der Waals surface area contributed by atoms with Crippen LogP contribution in [-0.2, 0) is 4.79 Å². The summed E-state index contributed by atoms with van der Waals surface area (Å²) in [6.45, 7) is 0. The first-order valence-electron chi connectivity index (χ1n) is 7.74. The van der Waals surface area contributed by atoms with Gasteiger partial charge in [0.1, 0.15) is 0 Å². The fraction of sp³-hybridized carbons (Fsp3) is 0.0500. The normalized spacial score (nSPS) is 16.1. The van der Waals surface area contributed by atoms with Crippen molar-refractivity contribution < 1.29 is 4.79 Å². The maximum absolute atomic E-state index is 13.1. The average Bonchev–Trinajstić information content (AvgIpc) is 2.90. The van der Waals surface area contributed by atoms with Crippen LogP contribution in [0.2, 0.25) is 0 Å². The molecule has 0 radical (unpaired) electrons. The Hall–Kier alpha value is -2.59. The lowest BCUT2D eigenvalue weighted by Gasteiger charge is -2.20. The average molecular weight is 379 g/mol. The van der Waals surface area contributed by atoms with Crippen LogP contribution in [0.15, 0.2) is 83.3 Å². The standard InChI is InChI=1S/C20H15BrN2O/c21-15-10-12-16(13-11-15)22-23-18-9-5-4-8-17(18)19(20(23)24)14-6-2-1-3-7-14/h1-13,19,22H/t19-/m1/s1. The third-order valence-electron chi connectivity index (χ3n) is 4.17. The molecule has 4 rings (SSSR count). The van der Waals surface area contributed by atoms with Gasteiger partial charge in [-0.2, -0.15) is 0 Å². The second-order valence-electron chi connectivity index (χ2n) is 5.69. The van der Waals surface area contributed by atoms with Gasteiger partial charge in [-0.1, -0.05) is 64.5 Å². The van der Waals surface area contributed by atoms with E-state index < -0.39 is 0 Å². The fourth-order valence-electron chi connectivity index (χ4n) is 3.05. The van der Waals surface area contributed by atoms with Crippen molar-refractivity contribution in [3.8, 4) is 0 Å². The highest BCUT2D eigenvalue weighted by Gasteiger charge is 2.38. The molecule has 1 aliphatic heterocycles. The van der Waals surface area contributed by atoms with Crippen LogP contribution in [0.1, 0.15) is 17.0 Å². The Balaban J connectivity index is 1.74. The second-order valence-corrected chi connectivity index (χ2v) is 6.61. The van der Waals surface area contributed by atoms with Crippen molar-refractivity contribution in [1.29, 1.82) is 0 Å². The maximum atomic E-state index is 13.1. The molecular formula is C20H15BrN2O. The molecule has 1 aliphatic rings. The quantitative estimate of drug-likeness (QED) is 0.698. The summed E-state index contributed by atoms with van der Waals surface area (Å²) in [5.74, 6) is -0.240. The highest BCUT2D eigenvalue weighted by molar-refractivity contribution is 9.10. The molecule has 0 saturated heterocycles. The van der Waals surface area contributed by atoms with Gasteiger partial charge in [0.05, 0.1) is 17.3 Å². The summed E-state index contributed by atoms with van der Waals surface area (Å²) in [7, 11) is 0. The zero-order chi connectivity index (χ0) is 16.5. The monoisotopic (exact) mass is 378 g/mol. The Kier molecular flexibility index (Phi) is 3.82. The molecule has 0 fully saturated rings. The number of halogens is 1. The van der Waals surface area contributed by atoms with Crippen LogP contribution in [0, 0.1) is 0 Å². The first-order valence-corrected chi connectivity index (χ1v) is 8.53. The van der Waals surface area contributed by atoms with Crippen molar-refractivity contribution >= 4 is 33.2 Å². The Labute approximate surface area is 149 Å². The van der Waals surface area contributed by atoms with Crippen molar-refractivity contribution in [3.05, 3.63) is 94.5 Å². The van der Waals surface area contributed by atoms with Crippen molar-refractivity contribution in [2.75, 3.05) is 10.4 Å². The number of carbonyl (C=O) groups is 1. The molecule has 0 bridgehead atoms. The number of nitrogens with zero attached hydrogens (tertiary/aromatic N) is 1. The first kappa shape index (κ1) is 15.0. The molecule has 0 aliphatic carbocycles. The smallest absolute Gasteiger partial charge is 0.257 e. The number of amides is 1. The molecular weight excluding hydrogens is 364 g/mol. The summed E-state index contributed by atoms with van der Waals surface area (Å²) in [6, 6.07) is 25.6. The van der Waals surface area contributed by atoms with Gasteiger partial charge in [0.25, 0.3) is 5.91 Å². The van der Waals surface area contributed by atoms with Gasteiger partial charge in [-0.05, 0) is 41.5 Å². The summed E-state index contributed by atoms with van der Waals surface area (Å²) >= 11 is 3.43. The molecule has 1 amide bonds.